The van der Waals surface area contributed by atoms with Crippen LogP contribution in [0.15, 0.2) is 4.52 Å². The van der Waals surface area contributed by atoms with E-state index in [-0.39, 0.29) is 11.9 Å². The molecule has 0 radical (unpaired) electrons. The maximum absolute atomic E-state index is 12.0. The van der Waals surface area contributed by atoms with Crippen molar-refractivity contribution in [3.8, 4) is 0 Å². The van der Waals surface area contributed by atoms with Crippen molar-refractivity contribution in [2.24, 2.45) is 0 Å². The van der Waals surface area contributed by atoms with Crippen LogP contribution in [0.1, 0.15) is 49.9 Å². The van der Waals surface area contributed by atoms with E-state index in [0.717, 1.165) is 32.4 Å². The molecule has 1 aromatic heterocycles. The summed E-state index contributed by atoms with van der Waals surface area (Å²) >= 11 is 0. The van der Waals surface area contributed by atoms with Crippen molar-refractivity contribution in [3.63, 3.8) is 0 Å². The molecule has 3 heterocycles. The predicted molar refractivity (Wildman–Crippen MR) is 82.0 cm³/mol. The molecule has 0 aliphatic carbocycles. The Balaban J connectivity index is 1.60. The van der Waals surface area contributed by atoms with Gasteiger partial charge in [0.25, 0.3) is 0 Å². The van der Waals surface area contributed by atoms with Gasteiger partial charge < -0.3 is 9.42 Å². The summed E-state index contributed by atoms with van der Waals surface area (Å²) in [4.78, 5) is 18.2. The Morgan fingerprint density at radius 2 is 2.00 bits per heavy atom. The minimum Gasteiger partial charge on any atom is -0.343 e. The van der Waals surface area contributed by atoms with E-state index in [2.05, 4.69) is 10.1 Å². The lowest BCUT2D eigenvalue weighted by Crippen LogP contribution is -2.30. The van der Waals surface area contributed by atoms with Crippen molar-refractivity contribution in [1.29, 1.82) is 0 Å². The Morgan fingerprint density at radius 3 is 2.70 bits per heavy atom. The van der Waals surface area contributed by atoms with Gasteiger partial charge in [-0.2, -0.15) is 9.29 Å². The molecule has 2 saturated heterocycles. The summed E-state index contributed by atoms with van der Waals surface area (Å²) in [6.45, 7) is 2.15. The molecule has 0 bridgehead atoms. The van der Waals surface area contributed by atoms with E-state index >= 15 is 0 Å². The molecule has 23 heavy (non-hydrogen) atoms. The van der Waals surface area contributed by atoms with Gasteiger partial charge in [0, 0.05) is 32.5 Å². The fraction of sp³-hybridized carbons (Fsp3) is 0.786. The van der Waals surface area contributed by atoms with E-state index in [0.29, 0.717) is 37.5 Å². The number of amides is 1. The fourth-order valence-corrected chi connectivity index (χ4v) is 4.36. The Morgan fingerprint density at radius 1 is 1.26 bits per heavy atom. The van der Waals surface area contributed by atoms with Crippen molar-refractivity contribution < 1.29 is 17.7 Å². The third-order valence-corrected chi connectivity index (χ3v) is 5.71. The molecular weight excluding hydrogens is 320 g/mol. The highest BCUT2D eigenvalue weighted by atomic mass is 32.2. The number of hydrogen-bond acceptors (Lipinski definition) is 6. The minimum absolute atomic E-state index is 0.112. The molecule has 1 amide bonds. The number of carbonyl (C=O) groups excluding carboxylic acids is 1. The normalized spacial score (nSPS) is 22.8. The highest BCUT2D eigenvalue weighted by Crippen LogP contribution is 2.32. The molecule has 2 aliphatic heterocycles. The third kappa shape index (κ3) is 3.72. The Hall–Kier alpha value is -1.48. The lowest BCUT2D eigenvalue weighted by molar-refractivity contribution is -0.130. The molecule has 0 aromatic carbocycles. The van der Waals surface area contributed by atoms with E-state index in [4.69, 9.17) is 4.52 Å². The molecule has 9 heteroatoms. The molecule has 0 N–H and O–H groups in total. The number of hydrogen-bond donors (Lipinski definition) is 0. The summed E-state index contributed by atoms with van der Waals surface area (Å²) in [5.41, 5.74) is 0. The standard InChI is InChI=1S/C14H22N4O4S/c1-23(20,21)18-10-4-5-11(18)14-15-12(22-16-14)6-7-13(19)17-8-2-3-9-17/h11H,2-10H2,1H3. The van der Waals surface area contributed by atoms with E-state index < -0.39 is 10.0 Å². The molecule has 1 aromatic rings. The second-order valence-electron chi connectivity index (χ2n) is 6.17. The van der Waals surface area contributed by atoms with Gasteiger partial charge in [0.2, 0.25) is 21.8 Å². The molecule has 128 valence electrons. The van der Waals surface area contributed by atoms with Crippen LogP contribution in [0.5, 0.6) is 0 Å². The zero-order chi connectivity index (χ0) is 16.4. The molecule has 1 unspecified atom stereocenters. The second-order valence-corrected chi connectivity index (χ2v) is 8.10. The van der Waals surface area contributed by atoms with Crippen LogP contribution in [-0.2, 0) is 21.2 Å². The van der Waals surface area contributed by atoms with Crippen molar-refractivity contribution >= 4 is 15.9 Å². The fourth-order valence-electron chi connectivity index (χ4n) is 3.24. The molecule has 0 saturated carbocycles. The highest BCUT2D eigenvalue weighted by molar-refractivity contribution is 7.88. The maximum atomic E-state index is 12.0. The van der Waals surface area contributed by atoms with Crippen LogP contribution in [-0.4, -0.2) is 59.6 Å². The summed E-state index contributed by atoms with van der Waals surface area (Å²) in [6, 6.07) is -0.350. The van der Waals surface area contributed by atoms with Crippen LogP contribution in [0.25, 0.3) is 0 Å². The average Bonchev–Trinajstić information content (AvgIpc) is 3.22. The topological polar surface area (TPSA) is 96.6 Å². The molecule has 2 aliphatic rings. The van der Waals surface area contributed by atoms with E-state index in [1.807, 2.05) is 4.90 Å². The number of carbonyl (C=O) groups is 1. The zero-order valence-corrected chi connectivity index (χ0v) is 14.1. The zero-order valence-electron chi connectivity index (χ0n) is 13.3. The first-order chi connectivity index (χ1) is 10.9. The monoisotopic (exact) mass is 342 g/mol. The van der Waals surface area contributed by atoms with Gasteiger partial charge in [-0.1, -0.05) is 5.16 Å². The summed E-state index contributed by atoms with van der Waals surface area (Å²) < 4.78 is 30.2. The van der Waals surface area contributed by atoms with Crippen molar-refractivity contribution in [1.82, 2.24) is 19.3 Å². The van der Waals surface area contributed by atoms with Crippen LogP contribution >= 0.6 is 0 Å². The van der Waals surface area contributed by atoms with Crippen molar-refractivity contribution in [2.45, 2.75) is 44.6 Å². The number of aryl methyl sites for hydroxylation is 1. The van der Waals surface area contributed by atoms with Crippen molar-refractivity contribution in [2.75, 3.05) is 25.9 Å². The molecule has 1 atom stereocenters. The van der Waals surface area contributed by atoms with Gasteiger partial charge in [-0.25, -0.2) is 8.42 Å². The van der Waals surface area contributed by atoms with Crippen LogP contribution in [0.2, 0.25) is 0 Å². The van der Waals surface area contributed by atoms with Crippen LogP contribution in [0.4, 0.5) is 0 Å². The number of aromatic nitrogens is 2. The van der Waals surface area contributed by atoms with Crippen LogP contribution in [0, 0.1) is 0 Å². The number of likely N-dealkylation sites (tertiary alicyclic amines) is 1. The molecule has 0 spiro atoms. The Labute approximate surface area is 135 Å². The van der Waals surface area contributed by atoms with Crippen molar-refractivity contribution in [3.05, 3.63) is 11.7 Å². The first kappa shape index (κ1) is 16.4. The predicted octanol–water partition coefficient (Wildman–Crippen LogP) is 0.721. The number of rotatable bonds is 5. The van der Waals surface area contributed by atoms with Crippen LogP contribution < -0.4 is 0 Å². The van der Waals surface area contributed by atoms with Gasteiger partial charge >= 0.3 is 0 Å². The van der Waals surface area contributed by atoms with E-state index in [1.54, 1.807) is 0 Å². The van der Waals surface area contributed by atoms with Gasteiger partial charge in [-0.05, 0) is 25.7 Å². The summed E-state index contributed by atoms with van der Waals surface area (Å²) in [5, 5.41) is 3.92. The van der Waals surface area contributed by atoms with Gasteiger partial charge in [0.15, 0.2) is 5.82 Å². The molecule has 8 nitrogen and oxygen atoms in total. The maximum Gasteiger partial charge on any atom is 0.227 e. The molecule has 2 fully saturated rings. The van der Waals surface area contributed by atoms with Gasteiger partial charge in [-0.15, -0.1) is 0 Å². The lowest BCUT2D eigenvalue weighted by atomic mass is 10.2. The third-order valence-electron chi connectivity index (χ3n) is 4.42. The highest BCUT2D eigenvalue weighted by Gasteiger charge is 2.35. The smallest absolute Gasteiger partial charge is 0.227 e. The number of sulfonamides is 1. The SMILES string of the molecule is CS(=O)(=O)N1CCCC1c1noc(CCC(=O)N2CCCC2)n1. The average molecular weight is 342 g/mol. The first-order valence-corrected chi connectivity index (χ1v) is 9.87. The van der Waals surface area contributed by atoms with Crippen LogP contribution in [0.3, 0.4) is 0 Å². The van der Waals surface area contributed by atoms with Gasteiger partial charge in [0.1, 0.15) is 0 Å². The second kappa shape index (κ2) is 6.56. The summed E-state index contributed by atoms with van der Waals surface area (Å²) in [6.07, 6.45) is 5.56. The number of nitrogens with zero attached hydrogens (tertiary/aromatic N) is 4. The first-order valence-electron chi connectivity index (χ1n) is 8.02. The Kier molecular flexibility index (Phi) is 4.67. The van der Waals surface area contributed by atoms with Gasteiger partial charge in [-0.3, -0.25) is 4.79 Å². The van der Waals surface area contributed by atoms with Gasteiger partial charge in [0.05, 0.1) is 12.3 Å². The Bertz CT molecular complexity index is 666. The van der Waals surface area contributed by atoms with E-state index in [1.165, 1.54) is 10.6 Å². The summed E-state index contributed by atoms with van der Waals surface area (Å²) in [7, 11) is -3.28. The summed E-state index contributed by atoms with van der Waals surface area (Å²) in [5.74, 6) is 0.908. The molecular formula is C14H22N4O4S. The quantitative estimate of drug-likeness (QED) is 0.782. The lowest BCUT2D eigenvalue weighted by Gasteiger charge is -2.18. The minimum atomic E-state index is -3.28. The largest absolute Gasteiger partial charge is 0.343 e. The molecule has 3 rings (SSSR count). The van der Waals surface area contributed by atoms with E-state index in [9.17, 15) is 13.2 Å².